The summed E-state index contributed by atoms with van der Waals surface area (Å²) in [5, 5.41) is 0. The van der Waals surface area contributed by atoms with Crippen LogP contribution in [0.4, 0.5) is 4.39 Å². The SMILES string of the molecule is CCCN(CC(=O)c1cc(F)ccc1OC)C1CC1. The van der Waals surface area contributed by atoms with E-state index in [1.54, 1.807) is 0 Å². The van der Waals surface area contributed by atoms with E-state index in [-0.39, 0.29) is 5.78 Å². The highest BCUT2D eigenvalue weighted by Gasteiger charge is 2.30. The Hall–Kier alpha value is -1.42. The van der Waals surface area contributed by atoms with Gasteiger partial charge in [-0.3, -0.25) is 9.69 Å². The van der Waals surface area contributed by atoms with Crippen molar-refractivity contribution in [3.8, 4) is 5.75 Å². The van der Waals surface area contributed by atoms with Gasteiger partial charge < -0.3 is 4.74 Å². The molecule has 1 fully saturated rings. The summed E-state index contributed by atoms with van der Waals surface area (Å²) < 4.78 is 18.4. The first kappa shape index (κ1) is 14.0. The minimum Gasteiger partial charge on any atom is -0.496 e. The number of carbonyl (C=O) groups is 1. The van der Waals surface area contributed by atoms with Gasteiger partial charge in [0.25, 0.3) is 0 Å². The normalized spacial score (nSPS) is 14.7. The second-order valence-electron chi connectivity index (χ2n) is 4.97. The third-order valence-corrected chi connectivity index (χ3v) is 3.38. The Morgan fingerprint density at radius 2 is 2.21 bits per heavy atom. The smallest absolute Gasteiger partial charge is 0.180 e. The number of ether oxygens (including phenoxy) is 1. The molecule has 0 saturated heterocycles. The lowest BCUT2D eigenvalue weighted by atomic mass is 10.1. The van der Waals surface area contributed by atoms with Gasteiger partial charge in [0, 0.05) is 6.04 Å². The zero-order valence-electron chi connectivity index (χ0n) is 11.5. The first-order valence-electron chi connectivity index (χ1n) is 6.76. The summed E-state index contributed by atoms with van der Waals surface area (Å²) in [5.41, 5.74) is 0.337. The summed E-state index contributed by atoms with van der Waals surface area (Å²) in [7, 11) is 1.49. The van der Waals surface area contributed by atoms with Crippen LogP contribution in [0.5, 0.6) is 5.75 Å². The molecule has 1 aliphatic carbocycles. The monoisotopic (exact) mass is 265 g/mol. The highest BCUT2D eigenvalue weighted by molar-refractivity contribution is 6.00. The van der Waals surface area contributed by atoms with Crippen LogP contribution in [0.2, 0.25) is 0 Å². The molecule has 0 amide bonds. The Kier molecular flexibility index (Phi) is 4.53. The predicted molar refractivity (Wildman–Crippen MR) is 72.2 cm³/mol. The maximum absolute atomic E-state index is 13.3. The van der Waals surface area contributed by atoms with Crippen LogP contribution in [-0.2, 0) is 0 Å². The van der Waals surface area contributed by atoms with Gasteiger partial charge in [-0.15, -0.1) is 0 Å². The fourth-order valence-electron chi connectivity index (χ4n) is 2.29. The molecule has 4 heteroatoms. The summed E-state index contributed by atoms with van der Waals surface area (Å²) in [6, 6.07) is 4.60. The summed E-state index contributed by atoms with van der Waals surface area (Å²) in [4.78, 5) is 14.5. The third-order valence-electron chi connectivity index (χ3n) is 3.38. The lowest BCUT2D eigenvalue weighted by Gasteiger charge is -2.20. The van der Waals surface area contributed by atoms with E-state index >= 15 is 0 Å². The molecule has 0 unspecified atom stereocenters. The number of hydrogen-bond donors (Lipinski definition) is 0. The molecule has 1 aromatic carbocycles. The topological polar surface area (TPSA) is 29.5 Å². The minimum atomic E-state index is -0.405. The highest BCUT2D eigenvalue weighted by atomic mass is 19.1. The molecule has 104 valence electrons. The molecule has 2 rings (SSSR count). The Balaban J connectivity index is 2.11. The number of halogens is 1. The van der Waals surface area contributed by atoms with Crippen molar-refractivity contribution >= 4 is 5.78 Å². The molecule has 1 aromatic rings. The average molecular weight is 265 g/mol. The molecule has 0 radical (unpaired) electrons. The molecule has 0 N–H and O–H groups in total. The van der Waals surface area contributed by atoms with E-state index in [1.165, 1.54) is 25.3 Å². The maximum Gasteiger partial charge on any atom is 0.180 e. The molecule has 0 aliphatic heterocycles. The van der Waals surface area contributed by atoms with Crippen molar-refractivity contribution in [2.24, 2.45) is 0 Å². The van der Waals surface area contributed by atoms with Gasteiger partial charge in [0.2, 0.25) is 0 Å². The quantitative estimate of drug-likeness (QED) is 0.710. The van der Waals surface area contributed by atoms with Gasteiger partial charge in [-0.2, -0.15) is 0 Å². The fourth-order valence-corrected chi connectivity index (χ4v) is 2.29. The van der Waals surface area contributed by atoms with Gasteiger partial charge >= 0.3 is 0 Å². The van der Waals surface area contributed by atoms with Crippen LogP contribution in [0.3, 0.4) is 0 Å². The number of benzene rings is 1. The van der Waals surface area contributed by atoms with E-state index in [9.17, 15) is 9.18 Å². The number of ketones is 1. The van der Waals surface area contributed by atoms with Gasteiger partial charge in [0.1, 0.15) is 11.6 Å². The highest BCUT2D eigenvalue weighted by Crippen LogP contribution is 2.28. The van der Waals surface area contributed by atoms with Crippen molar-refractivity contribution in [2.45, 2.75) is 32.2 Å². The molecular weight excluding hydrogens is 245 g/mol. The van der Waals surface area contributed by atoms with Crippen molar-refractivity contribution < 1.29 is 13.9 Å². The number of rotatable bonds is 7. The van der Waals surface area contributed by atoms with Gasteiger partial charge in [-0.05, 0) is 44.0 Å². The Morgan fingerprint density at radius 3 is 2.79 bits per heavy atom. The molecule has 0 aromatic heterocycles. The van der Waals surface area contributed by atoms with Gasteiger partial charge in [-0.25, -0.2) is 4.39 Å². The largest absolute Gasteiger partial charge is 0.496 e. The van der Waals surface area contributed by atoms with Crippen LogP contribution >= 0.6 is 0 Å². The second-order valence-corrected chi connectivity index (χ2v) is 4.97. The molecule has 3 nitrogen and oxygen atoms in total. The van der Waals surface area contributed by atoms with E-state index in [0.29, 0.717) is 23.9 Å². The molecule has 0 heterocycles. The van der Waals surface area contributed by atoms with Gasteiger partial charge in [0.15, 0.2) is 5.78 Å². The number of hydrogen-bond acceptors (Lipinski definition) is 3. The van der Waals surface area contributed by atoms with Crippen LogP contribution in [0, 0.1) is 5.82 Å². The zero-order valence-corrected chi connectivity index (χ0v) is 11.5. The van der Waals surface area contributed by atoms with Crippen LogP contribution in [-0.4, -0.2) is 36.9 Å². The first-order chi connectivity index (χ1) is 9.15. The van der Waals surface area contributed by atoms with E-state index < -0.39 is 5.82 Å². The first-order valence-corrected chi connectivity index (χ1v) is 6.76. The van der Waals surface area contributed by atoms with Gasteiger partial charge in [-0.1, -0.05) is 6.92 Å². The Morgan fingerprint density at radius 1 is 1.47 bits per heavy atom. The molecule has 0 bridgehead atoms. The van der Waals surface area contributed by atoms with Crippen molar-refractivity contribution in [3.63, 3.8) is 0 Å². The standard InChI is InChI=1S/C15H20FNO2/c1-3-8-17(12-5-6-12)10-14(18)13-9-11(16)4-7-15(13)19-2/h4,7,9,12H,3,5-6,8,10H2,1-2H3. The van der Waals surface area contributed by atoms with Gasteiger partial charge in [0.05, 0.1) is 19.2 Å². The molecule has 1 aliphatic rings. The minimum absolute atomic E-state index is 0.0725. The second kappa shape index (κ2) is 6.15. The van der Waals surface area contributed by atoms with Crippen molar-refractivity contribution in [1.29, 1.82) is 0 Å². The van der Waals surface area contributed by atoms with E-state index in [2.05, 4.69) is 11.8 Å². The van der Waals surface area contributed by atoms with Crippen molar-refractivity contribution in [2.75, 3.05) is 20.2 Å². The maximum atomic E-state index is 13.3. The van der Waals surface area contributed by atoms with Crippen molar-refractivity contribution in [1.82, 2.24) is 4.90 Å². The number of nitrogens with zero attached hydrogens (tertiary/aromatic N) is 1. The number of carbonyl (C=O) groups excluding carboxylic acids is 1. The molecule has 0 spiro atoms. The summed E-state index contributed by atoms with van der Waals surface area (Å²) >= 11 is 0. The summed E-state index contributed by atoms with van der Waals surface area (Å²) in [6.07, 6.45) is 3.34. The number of methoxy groups -OCH3 is 1. The van der Waals surface area contributed by atoms with E-state index in [4.69, 9.17) is 4.74 Å². The molecule has 0 atom stereocenters. The molecule has 1 saturated carbocycles. The van der Waals surface area contributed by atoms with Crippen molar-refractivity contribution in [3.05, 3.63) is 29.6 Å². The third kappa shape index (κ3) is 3.53. The van der Waals surface area contributed by atoms with Crippen LogP contribution in [0.15, 0.2) is 18.2 Å². The van der Waals surface area contributed by atoms with Crippen LogP contribution in [0.25, 0.3) is 0 Å². The average Bonchev–Trinajstić information content (AvgIpc) is 3.22. The fraction of sp³-hybridized carbons (Fsp3) is 0.533. The molecular formula is C15H20FNO2. The lowest BCUT2D eigenvalue weighted by Crippen LogP contribution is -2.32. The Labute approximate surface area is 113 Å². The van der Waals surface area contributed by atoms with Crippen LogP contribution < -0.4 is 4.74 Å². The summed E-state index contributed by atoms with van der Waals surface area (Å²) in [6.45, 7) is 3.36. The van der Waals surface area contributed by atoms with E-state index in [0.717, 1.165) is 25.8 Å². The lowest BCUT2D eigenvalue weighted by molar-refractivity contribution is 0.0921. The van der Waals surface area contributed by atoms with E-state index in [1.807, 2.05) is 0 Å². The zero-order chi connectivity index (χ0) is 13.8. The van der Waals surface area contributed by atoms with Crippen LogP contribution in [0.1, 0.15) is 36.5 Å². The predicted octanol–water partition coefficient (Wildman–Crippen LogP) is 2.89. The summed E-state index contributed by atoms with van der Waals surface area (Å²) in [5.74, 6) is -0.0343. The Bertz CT molecular complexity index is 457. The molecule has 19 heavy (non-hydrogen) atoms. The number of Topliss-reactive ketones (excluding diaryl/α,β-unsaturated/α-hetero) is 1.